The molecule has 0 aliphatic rings. The molecule has 0 bridgehead atoms. The van der Waals surface area contributed by atoms with E-state index in [0.29, 0.717) is 12.2 Å². The van der Waals surface area contributed by atoms with Crippen LogP contribution in [0, 0.1) is 0 Å². The van der Waals surface area contributed by atoms with E-state index in [0.717, 1.165) is 5.56 Å². The first-order chi connectivity index (χ1) is 8.11. The molecule has 1 aromatic rings. The molecule has 0 heterocycles. The van der Waals surface area contributed by atoms with Crippen molar-refractivity contribution in [3.8, 4) is 0 Å². The van der Waals surface area contributed by atoms with E-state index < -0.39 is 18.5 Å². The number of anilines is 1. The molecular formula is C11H14N2O4. The number of carbonyl (C=O) groups excluding carboxylic acids is 1. The van der Waals surface area contributed by atoms with Gasteiger partial charge in [-0.05, 0) is 17.7 Å². The van der Waals surface area contributed by atoms with Crippen molar-refractivity contribution in [1.29, 1.82) is 0 Å². The molecule has 0 saturated carbocycles. The maximum atomic E-state index is 11.3. The smallest absolute Gasteiger partial charge is 0.329 e. The summed E-state index contributed by atoms with van der Waals surface area (Å²) in [4.78, 5) is 21.4. The van der Waals surface area contributed by atoms with Crippen molar-refractivity contribution in [3.63, 3.8) is 0 Å². The number of rotatable bonds is 6. The first-order valence-corrected chi connectivity index (χ1v) is 5.00. The van der Waals surface area contributed by atoms with E-state index in [2.05, 4.69) is 10.1 Å². The van der Waals surface area contributed by atoms with E-state index in [4.69, 9.17) is 10.8 Å². The first kappa shape index (κ1) is 13.1. The van der Waals surface area contributed by atoms with Crippen LogP contribution in [0.2, 0.25) is 0 Å². The van der Waals surface area contributed by atoms with E-state index >= 15 is 0 Å². The maximum Gasteiger partial charge on any atom is 0.329 e. The van der Waals surface area contributed by atoms with Crippen molar-refractivity contribution in [2.24, 2.45) is 5.73 Å². The van der Waals surface area contributed by atoms with Gasteiger partial charge in [0.15, 0.2) is 0 Å². The predicted octanol–water partition coefficient (Wildman–Crippen LogP) is 0.185. The molecule has 92 valence electrons. The number of carbonyl (C=O) groups is 2. The second kappa shape index (κ2) is 6.62. The summed E-state index contributed by atoms with van der Waals surface area (Å²) in [5.41, 5.74) is 7.01. The molecule has 0 saturated heterocycles. The van der Waals surface area contributed by atoms with Gasteiger partial charge in [0.2, 0.25) is 5.91 Å². The minimum Gasteiger partial charge on any atom is -0.480 e. The number of carboxylic acid groups (broad SMARTS) is 1. The van der Waals surface area contributed by atoms with Crippen LogP contribution >= 0.6 is 0 Å². The minimum atomic E-state index is -1.11. The van der Waals surface area contributed by atoms with Crippen LogP contribution < -0.4 is 11.1 Å². The molecule has 0 radical (unpaired) electrons. The third-order valence-electron chi connectivity index (χ3n) is 1.93. The summed E-state index contributed by atoms with van der Waals surface area (Å²) >= 11 is 0. The predicted molar refractivity (Wildman–Crippen MR) is 61.4 cm³/mol. The fourth-order valence-corrected chi connectivity index (χ4v) is 1.15. The van der Waals surface area contributed by atoms with Crippen molar-refractivity contribution in [2.45, 2.75) is 6.54 Å². The fraction of sp³-hybridized carbons (Fsp3) is 0.273. The SMILES string of the molecule is NCc1ccc(NC(=O)COCC(=O)O)cc1. The van der Waals surface area contributed by atoms with Gasteiger partial charge in [-0.25, -0.2) is 4.79 Å². The Labute approximate surface area is 98.4 Å². The van der Waals surface area contributed by atoms with Gasteiger partial charge < -0.3 is 20.9 Å². The number of aliphatic carboxylic acids is 1. The Kier molecular flexibility index (Phi) is 5.12. The molecule has 0 unspecified atom stereocenters. The highest BCUT2D eigenvalue weighted by Crippen LogP contribution is 2.08. The van der Waals surface area contributed by atoms with Gasteiger partial charge in [0.05, 0.1) is 0 Å². The summed E-state index contributed by atoms with van der Waals surface area (Å²) < 4.78 is 4.64. The van der Waals surface area contributed by atoms with Gasteiger partial charge in [-0.2, -0.15) is 0 Å². The number of nitrogens with one attached hydrogen (secondary N) is 1. The molecule has 6 nitrogen and oxygen atoms in total. The Hall–Kier alpha value is -1.92. The van der Waals surface area contributed by atoms with Crippen LogP contribution in [0.15, 0.2) is 24.3 Å². The zero-order valence-electron chi connectivity index (χ0n) is 9.18. The lowest BCUT2D eigenvalue weighted by atomic mass is 10.2. The van der Waals surface area contributed by atoms with Crippen molar-refractivity contribution in [1.82, 2.24) is 0 Å². The van der Waals surface area contributed by atoms with E-state index in [1.165, 1.54) is 0 Å². The third kappa shape index (κ3) is 5.10. The molecular weight excluding hydrogens is 224 g/mol. The Balaban J connectivity index is 2.37. The summed E-state index contributed by atoms with van der Waals surface area (Å²) in [6, 6.07) is 7.04. The van der Waals surface area contributed by atoms with Crippen molar-refractivity contribution >= 4 is 17.6 Å². The summed E-state index contributed by atoms with van der Waals surface area (Å²) in [5, 5.41) is 10.9. The number of benzene rings is 1. The fourth-order valence-electron chi connectivity index (χ4n) is 1.15. The molecule has 0 spiro atoms. The topological polar surface area (TPSA) is 102 Å². The van der Waals surface area contributed by atoms with Crippen LogP contribution in [0.3, 0.4) is 0 Å². The number of nitrogens with two attached hydrogens (primary N) is 1. The monoisotopic (exact) mass is 238 g/mol. The Morgan fingerprint density at radius 2 is 1.88 bits per heavy atom. The molecule has 0 atom stereocenters. The first-order valence-electron chi connectivity index (χ1n) is 5.00. The lowest BCUT2D eigenvalue weighted by Gasteiger charge is -2.05. The molecule has 4 N–H and O–H groups in total. The number of hydrogen-bond acceptors (Lipinski definition) is 4. The van der Waals surface area contributed by atoms with E-state index in [-0.39, 0.29) is 6.61 Å². The second-order valence-corrected chi connectivity index (χ2v) is 3.34. The van der Waals surface area contributed by atoms with Gasteiger partial charge in [0.1, 0.15) is 13.2 Å². The van der Waals surface area contributed by atoms with Gasteiger partial charge in [0.25, 0.3) is 0 Å². The maximum absolute atomic E-state index is 11.3. The lowest BCUT2D eigenvalue weighted by Crippen LogP contribution is -2.20. The molecule has 0 aliphatic carbocycles. The van der Waals surface area contributed by atoms with E-state index in [1.54, 1.807) is 24.3 Å². The molecule has 6 heteroatoms. The van der Waals surface area contributed by atoms with E-state index in [1.807, 2.05) is 0 Å². The van der Waals surface area contributed by atoms with Gasteiger partial charge in [-0.1, -0.05) is 12.1 Å². The van der Waals surface area contributed by atoms with Crippen molar-refractivity contribution in [2.75, 3.05) is 18.5 Å². The van der Waals surface area contributed by atoms with Crippen LogP contribution in [0.1, 0.15) is 5.56 Å². The molecule has 0 aromatic heterocycles. The molecule has 0 aliphatic heterocycles. The summed E-state index contributed by atoms with van der Waals surface area (Å²) in [6.45, 7) is -0.333. The normalized spacial score (nSPS) is 9.94. The highest BCUT2D eigenvalue weighted by Gasteiger charge is 2.04. The number of amides is 1. The number of ether oxygens (including phenoxy) is 1. The molecule has 17 heavy (non-hydrogen) atoms. The van der Waals surface area contributed by atoms with Crippen LogP contribution in [0.5, 0.6) is 0 Å². The number of carboxylic acids is 1. The Morgan fingerprint density at radius 1 is 1.24 bits per heavy atom. The van der Waals surface area contributed by atoms with Crippen LogP contribution in [0.25, 0.3) is 0 Å². The average molecular weight is 238 g/mol. The van der Waals surface area contributed by atoms with Gasteiger partial charge >= 0.3 is 5.97 Å². The zero-order valence-corrected chi connectivity index (χ0v) is 9.18. The quantitative estimate of drug-likeness (QED) is 0.656. The molecule has 1 rings (SSSR count). The summed E-state index contributed by atoms with van der Waals surface area (Å²) in [6.07, 6.45) is 0. The highest BCUT2D eigenvalue weighted by atomic mass is 16.5. The molecule has 1 amide bonds. The highest BCUT2D eigenvalue weighted by molar-refractivity contribution is 5.91. The second-order valence-electron chi connectivity index (χ2n) is 3.34. The molecule has 1 aromatic carbocycles. The van der Waals surface area contributed by atoms with Gasteiger partial charge in [-0.3, -0.25) is 4.79 Å². The van der Waals surface area contributed by atoms with Crippen LogP contribution in [-0.2, 0) is 20.9 Å². The zero-order chi connectivity index (χ0) is 12.7. The molecule has 0 fully saturated rings. The van der Waals surface area contributed by atoms with Gasteiger partial charge in [-0.15, -0.1) is 0 Å². The summed E-state index contributed by atoms with van der Waals surface area (Å²) in [7, 11) is 0. The largest absolute Gasteiger partial charge is 0.480 e. The number of hydrogen-bond donors (Lipinski definition) is 3. The lowest BCUT2D eigenvalue weighted by molar-refractivity contribution is -0.143. The van der Waals surface area contributed by atoms with Crippen molar-refractivity contribution < 1.29 is 19.4 Å². The third-order valence-corrected chi connectivity index (χ3v) is 1.93. The Morgan fingerprint density at radius 3 is 2.41 bits per heavy atom. The van der Waals surface area contributed by atoms with Crippen LogP contribution in [-0.4, -0.2) is 30.2 Å². The average Bonchev–Trinajstić information content (AvgIpc) is 2.29. The van der Waals surface area contributed by atoms with Gasteiger partial charge in [0, 0.05) is 12.2 Å². The standard InChI is InChI=1S/C11H14N2O4/c12-5-8-1-3-9(4-2-8)13-10(14)6-17-7-11(15)16/h1-4H,5-7,12H2,(H,13,14)(H,15,16). The van der Waals surface area contributed by atoms with Crippen LogP contribution in [0.4, 0.5) is 5.69 Å². The van der Waals surface area contributed by atoms with E-state index in [9.17, 15) is 9.59 Å². The summed E-state index contributed by atoms with van der Waals surface area (Å²) in [5.74, 6) is -1.50. The van der Waals surface area contributed by atoms with Crippen molar-refractivity contribution in [3.05, 3.63) is 29.8 Å². The minimum absolute atomic E-state index is 0.287. The Bertz CT molecular complexity index is 389.